The van der Waals surface area contributed by atoms with Crippen LogP contribution < -0.4 is 5.32 Å². The molecule has 1 N–H and O–H groups in total. The number of hydrogen-bond donors (Lipinski definition) is 1. The van der Waals surface area contributed by atoms with E-state index in [1.807, 2.05) is 0 Å². The molecule has 0 aromatic carbocycles. The molecule has 1 aliphatic heterocycles. The smallest absolute Gasteiger partial charge is 0.0328 e. The fourth-order valence-electron chi connectivity index (χ4n) is 2.76. The second kappa shape index (κ2) is 5.73. The maximum Gasteiger partial charge on any atom is 0.0328 e. The van der Waals surface area contributed by atoms with E-state index < -0.39 is 0 Å². The summed E-state index contributed by atoms with van der Waals surface area (Å²) in [5, 5.41) is 3.52. The van der Waals surface area contributed by atoms with E-state index in [0.717, 1.165) is 12.5 Å². The van der Waals surface area contributed by atoms with Gasteiger partial charge in [-0.1, -0.05) is 18.8 Å². The number of rotatable bonds is 0. The lowest BCUT2D eigenvalue weighted by Gasteiger charge is -2.25. The Morgan fingerprint density at radius 1 is 0.812 bits per heavy atom. The molecule has 2 fully saturated rings. The number of nitrogens with one attached hydrogen (secondary N) is 1. The van der Waals surface area contributed by atoms with Gasteiger partial charge in [0.2, 0.25) is 0 Å². The fraction of sp³-hybridized carbons (Fsp3) is 0.867. The van der Waals surface area contributed by atoms with Crippen LogP contribution in [-0.4, -0.2) is 12.6 Å². The van der Waals surface area contributed by atoms with Gasteiger partial charge >= 0.3 is 0 Å². The van der Waals surface area contributed by atoms with Crippen molar-refractivity contribution in [2.24, 2.45) is 17.8 Å². The highest BCUT2D eigenvalue weighted by molar-refractivity contribution is 5.09. The first-order valence-electron chi connectivity index (χ1n) is 6.98. The average Bonchev–Trinajstić information content (AvgIpc) is 2.30. The minimum absolute atomic E-state index is 0.621. The lowest BCUT2D eigenvalue weighted by atomic mass is 9.83. The Balaban J connectivity index is 1.76. The summed E-state index contributed by atoms with van der Waals surface area (Å²) in [6.45, 7) is 5.75. The molecule has 2 aliphatic rings. The van der Waals surface area contributed by atoms with Crippen molar-refractivity contribution in [3.8, 4) is 11.8 Å². The standard InChI is InChI=1S/C15H25N/c1-12-3-6-14(7-4-12)9-10-15-8-5-13(2)16-11-15/h12-16H,3-8,11H2,1-2H3. The maximum absolute atomic E-state index is 3.54. The molecule has 2 rings (SSSR count). The third-order valence-corrected chi connectivity index (χ3v) is 4.17. The van der Waals surface area contributed by atoms with Crippen molar-refractivity contribution in [3.63, 3.8) is 0 Å². The van der Waals surface area contributed by atoms with Crippen molar-refractivity contribution >= 4 is 0 Å². The molecule has 0 bridgehead atoms. The van der Waals surface area contributed by atoms with E-state index in [4.69, 9.17) is 0 Å². The van der Waals surface area contributed by atoms with Crippen LogP contribution in [0.5, 0.6) is 0 Å². The van der Waals surface area contributed by atoms with Crippen LogP contribution in [0.15, 0.2) is 0 Å². The highest BCUT2D eigenvalue weighted by atomic mass is 14.9. The fourth-order valence-corrected chi connectivity index (χ4v) is 2.76. The predicted molar refractivity (Wildman–Crippen MR) is 69.1 cm³/mol. The van der Waals surface area contributed by atoms with Gasteiger partial charge in [0.05, 0.1) is 0 Å². The van der Waals surface area contributed by atoms with Crippen LogP contribution in [0.4, 0.5) is 0 Å². The minimum atomic E-state index is 0.621. The first-order valence-corrected chi connectivity index (χ1v) is 6.98. The lowest BCUT2D eigenvalue weighted by Crippen LogP contribution is -2.36. The van der Waals surface area contributed by atoms with Crippen molar-refractivity contribution in [2.45, 2.75) is 58.4 Å². The predicted octanol–water partition coefficient (Wildman–Crippen LogP) is 3.20. The average molecular weight is 219 g/mol. The molecule has 1 nitrogen and oxygen atoms in total. The molecule has 0 amide bonds. The molecule has 0 aromatic heterocycles. The third-order valence-electron chi connectivity index (χ3n) is 4.17. The van der Waals surface area contributed by atoms with E-state index in [1.165, 1.54) is 38.5 Å². The van der Waals surface area contributed by atoms with Gasteiger partial charge in [-0.15, -0.1) is 0 Å². The topological polar surface area (TPSA) is 12.0 Å². The first kappa shape index (κ1) is 12.0. The molecule has 2 unspecified atom stereocenters. The highest BCUT2D eigenvalue weighted by Gasteiger charge is 2.18. The Morgan fingerprint density at radius 2 is 1.44 bits per heavy atom. The summed E-state index contributed by atoms with van der Waals surface area (Å²) in [6.07, 6.45) is 8.04. The van der Waals surface area contributed by atoms with Gasteiger partial charge < -0.3 is 5.32 Å². The second-order valence-corrected chi connectivity index (χ2v) is 5.83. The van der Waals surface area contributed by atoms with E-state index in [0.29, 0.717) is 17.9 Å². The molecule has 0 aromatic rings. The lowest BCUT2D eigenvalue weighted by molar-refractivity contribution is 0.336. The molecule has 0 spiro atoms. The zero-order chi connectivity index (χ0) is 11.4. The van der Waals surface area contributed by atoms with Crippen molar-refractivity contribution < 1.29 is 0 Å². The van der Waals surface area contributed by atoms with Crippen LogP contribution in [0.25, 0.3) is 0 Å². The Bertz CT molecular complexity index is 231. The maximum atomic E-state index is 3.54. The highest BCUT2D eigenvalue weighted by Crippen LogP contribution is 2.27. The van der Waals surface area contributed by atoms with Crippen LogP contribution >= 0.6 is 0 Å². The van der Waals surface area contributed by atoms with Crippen molar-refractivity contribution in [3.05, 3.63) is 0 Å². The van der Waals surface area contributed by atoms with Crippen molar-refractivity contribution in [2.75, 3.05) is 6.54 Å². The zero-order valence-electron chi connectivity index (χ0n) is 10.8. The summed E-state index contributed by atoms with van der Waals surface area (Å²) in [6, 6.07) is 0.702. The molecule has 0 radical (unpaired) electrons. The Hall–Kier alpha value is -0.480. The van der Waals surface area contributed by atoms with Gasteiger partial charge in [0, 0.05) is 24.4 Å². The second-order valence-electron chi connectivity index (χ2n) is 5.83. The number of hydrogen-bond acceptors (Lipinski definition) is 1. The van der Waals surface area contributed by atoms with E-state index in [9.17, 15) is 0 Å². The SMILES string of the molecule is CC1CCC(C#CC2CCC(C)NC2)CC1. The van der Waals surface area contributed by atoms with Gasteiger partial charge in [-0.25, -0.2) is 0 Å². The van der Waals surface area contributed by atoms with Gasteiger partial charge in [0.15, 0.2) is 0 Å². The van der Waals surface area contributed by atoms with Gasteiger partial charge in [0.1, 0.15) is 0 Å². The molecule has 1 saturated carbocycles. The molecular formula is C15H25N. The molecule has 1 aliphatic carbocycles. The van der Waals surface area contributed by atoms with Crippen LogP contribution in [0.1, 0.15) is 52.4 Å². The molecule has 16 heavy (non-hydrogen) atoms. The summed E-state index contributed by atoms with van der Waals surface area (Å²) in [7, 11) is 0. The summed E-state index contributed by atoms with van der Waals surface area (Å²) in [4.78, 5) is 0. The monoisotopic (exact) mass is 219 g/mol. The summed E-state index contributed by atoms with van der Waals surface area (Å²) in [5.74, 6) is 9.32. The molecule has 90 valence electrons. The van der Waals surface area contributed by atoms with Gasteiger partial charge in [-0.3, -0.25) is 0 Å². The molecule has 1 heteroatoms. The minimum Gasteiger partial charge on any atom is -0.313 e. The van der Waals surface area contributed by atoms with Gasteiger partial charge in [-0.05, 0) is 51.4 Å². The first-order chi connectivity index (χ1) is 7.74. The molecule has 1 heterocycles. The van der Waals surface area contributed by atoms with E-state index in [2.05, 4.69) is 31.0 Å². The summed E-state index contributed by atoms with van der Waals surface area (Å²) >= 11 is 0. The summed E-state index contributed by atoms with van der Waals surface area (Å²) < 4.78 is 0. The summed E-state index contributed by atoms with van der Waals surface area (Å²) in [5.41, 5.74) is 0. The Morgan fingerprint density at radius 3 is 2.06 bits per heavy atom. The van der Waals surface area contributed by atoms with E-state index in [1.54, 1.807) is 0 Å². The Kier molecular flexibility index (Phi) is 4.29. The van der Waals surface area contributed by atoms with Crippen LogP contribution in [0.2, 0.25) is 0 Å². The van der Waals surface area contributed by atoms with Gasteiger partial charge in [0.25, 0.3) is 0 Å². The largest absolute Gasteiger partial charge is 0.313 e. The van der Waals surface area contributed by atoms with Crippen LogP contribution in [-0.2, 0) is 0 Å². The van der Waals surface area contributed by atoms with Crippen molar-refractivity contribution in [1.29, 1.82) is 0 Å². The molecule has 2 atom stereocenters. The van der Waals surface area contributed by atoms with Crippen LogP contribution in [0.3, 0.4) is 0 Å². The van der Waals surface area contributed by atoms with E-state index >= 15 is 0 Å². The molecule has 1 saturated heterocycles. The molecular weight excluding hydrogens is 194 g/mol. The zero-order valence-corrected chi connectivity index (χ0v) is 10.8. The third kappa shape index (κ3) is 3.52. The normalized spacial score (nSPS) is 39.9. The van der Waals surface area contributed by atoms with Crippen molar-refractivity contribution in [1.82, 2.24) is 5.32 Å². The quantitative estimate of drug-likeness (QED) is 0.617. The Labute approximate surface area is 100 Å². The van der Waals surface area contributed by atoms with E-state index in [-0.39, 0.29) is 0 Å². The van der Waals surface area contributed by atoms with Crippen LogP contribution in [0, 0.1) is 29.6 Å². The number of piperidine rings is 1. The van der Waals surface area contributed by atoms with Gasteiger partial charge in [-0.2, -0.15) is 0 Å².